The minimum absolute atomic E-state index is 0.0820. The first kappa shape index (κ1) is 15.1. The molecule has 0 saturated carbocycles. The highest BCUT2D eigenvalue weighted by Crippen LogP contribution is 2.31. The Kier molecular flexibility index (Phi) is 4.80. The van der Waals surface area contributed by atoms with Crippen LogP contribution in [0.25, 0.3) is 0 Å². The van der Waals surface area contributed by atoms with Gasteiger partial charge in [0.05, 0.1) is 6.04 Å². The van der Waals surface area contributed by atoms with Gasteiger partial charge in [-0.15, -0.1) is 0 Å². The second kappa shape index (κ2) is 6.99. The molecule has 0 radical (unpaired) electrons. The van der Waals surface area contributed by atoms with Crippen LogP contribution in [-0.2, 0) is 0 Å². The molecule has 0 aliphatic carbocycles. The van der Waals surface area contributed by atoms with Gasteiger partial charge in [0.25, 0.3) is 0 Å². The van der Waals surface area contributed by atoms with Gasteiger partial charge in [-0.2, -0.15) is 0 Å². The smallest absolute Gasteiger partial charge is 0.123 e. The molecule has 0 amide bonds. The lowest BCUT2D eigenvalue weighted by molar-refractivity contribution is 0.240. The van der Waals surface area contributed by atoms with Crippen molar-refractivity contribution in [2.75, 3.05) is 26.2 Å². The molecule has 1 fully saturated rings. The lowest BCUT2D eigenvalue weighted by Crippen LogP contribution is -2.33. The molecular formula is C18H22FN3. The summed E-state index contributed by atoms with van der Waals surface area (Å²) in [5.41, 5.74) is 3.37. The van der Waals surface area contributed by atoms with Gasteiger partial charge >= 0.3 is 0 Å². The average Bonchev–Trinajstić information content (AvgIpc) is 2.79. The molecule has 0 spiro atoms. The zero-order chi connectivity index (χ0) is 15.4. The summed E-state index contributed by atoms with van der Waals surface area (Å²) < 4.78 is 13.7. The first-order valence-electron chi connectivity index (χ1n) is 7.86. The van der Waals surface area contributed by atoms with E-state index >= 15 is 0 Å². The van der Waals surface area contributed by atoms with Crippen molar-refractivity contribution in [1.29, 1.82) is 0 Å². The summed E-state index contributed by atoms with van der Waals surface area (Å²) in [5.74, 6) is -0.179. The van der Waals surface area contributed by atoms with Crippen molar-refractivity contribution in [3.63, 3.8) is 0 Å². The molecule has 116 valence electrons. The second-order valence-corrected chi connectivity index (χ2v) is 5.83. The number of nitrogens with zero attached hydrogens (tertiary/aromatic N) is 2. The molecule has 22 heavy (non-hydrogen) atoms. The Balaban J connectivity index is 2.03. The fourth-order valence-electron chi connectivity index (χ4n) is 3.18. The third-order valence-corrected chi connectivity index (χ3v) is 4.26. The van der Waals surface area contributed by atoms with Gasteiger partial charge in [0.1, 0.15) is 5.82 Å². The van der Waals surface area contributed by atoms with E-state index in [9.17, 15) is 4.39 Å². The summed E-state index contributed by atoms with van der Waals surface area (Å²) in [7, 11) is 0. The maximum atomic E-state index is 13.7. The van der Waals surface area contributed by atoms with E-state index in [0.29, 0.717) is 0 Å². The fourth-order valence-corrected chi connectivity index (χ4v) is 3.18. The van der Waals surface area contributed by atoms with E-state index < -0.39 is 0 Å². The number of aromatic nitrogens is 1. The molecule has 1 atom stereocenters. The van der Waals surface area contributed by atoms with Crippen LogP contribution in [0.1, 0.15) is 29.2 Å². The Labute approximate surface area is 131 Å². The predicted molar refractivity (Wildman–Crippen MR) is 86.3 cm³/mol. The quantitative estimate of drug-likeness (QED) is 0.944. The number of halogens is 1. The Hall–Kier alpha value is -1.78. The fraction of sp³-hybridized carbons (Fsp3) is 0.389. The lowest BCUT2D eigenvalue weighted by atomic mass is 9.94. The molecule has 2 heterocycles. The number of aryl methyl sites for hydroxylation is 1. The summed E-state index contributed by atoms with van der Waals surface area (Å²) >= 11 is 0. The van der Waals surface area contributed by atoms with Crippen molar-refractivity contribution < 1.29 is 4.39 Å². The SMILES string of the molecule is Cc1cnccc1C(c1cccc(F)c1)N1CCCNCC1. The highest BCUT2D eigenvalue weighted by Gasteiger charge is 2.24. The second-order valence-electron chi connectivity index (χ2n) is 5.83. The minimum Gasteiger partial charge on any atom is -0.315 e. The summed E-state index contributed by atoms with van der Waals surface area (Å²) in [6.07, 6.45) is 4.82. The number of rotatable bonds is 3. The molecule has 1 aliphatic rings. The molecule has 0 bridgehead atoms. The summed E-state index contributed by atoms with van der Waals surface area (Å²) in [5, 5.41) is 3.43. The molecule has 2 aromatic rings. The van der Waals surface area contributed by atoms with E-state index in [0.717, 1.165) is 43.7 Å². The molecule has 3 nitrogen and oxygen atoms in total. The Morgan fingerprint density at radius 2 is 2.14 bits per heavy atom. The molecule has 1 aromatic heterocycles. The Morgan fingerprint density at radius 1 is 1.23 bits per heavy atom. The van der Waals surface area contributed by atoms with Gasteiger partial charge in [-0.3, -0.25) is 9.88 Å². The molecule has 1 aromatic carbocycles. The Morgan fingerprint density at radius 3 is 2.95 bits per heavy atom. The molecule has 1 saturated heterocycles. The number of hydrogen-bond donors (Lipinski definition) is 1. The van der Waals surface area contributed by atoms with E-state index in [1.54, 1.807) is 12.1 Å². The highest BCUT2D eigenvalue weighted by atomic mass is 19.1. The van der Waals surface area contributed by atoms with E-state index in [2.05, 4.69) is 28.2 Å². The van der Waals surface area contributed by atoms with Gasteiger partial charge < -0.3 is 5.32 Å². The van der Waals surface area contributed by atoms with Crippen LogP contribution < -0.4 is 5.32 Å². The van der Waals surface area contributed by atoms with Crippen molar-refractivity contribution in [3.8, 4) is 0 Å². The Bertz CT molecular complexity index is 621. The van der Waals surface area contributed by atoms with Gasteiger partial charge in [0.15, 0.2) is 0 Å². The minimum atomic E-state index is -0.179. The standard InChI is InChI=1S/C18H22FN3/c1-14-13-21-8-6-17(14)18(15-4-2-5-16(19)12-15)22-10-3-7-20-9-11-22/h2,4-6,8,12-13,18,20H,3,7,9-11H2,1H3. The number of pyridine rings is 1. The number of benzene rings is 1. The van der Waals surface area contributed by atoms with E-state index in [1.165, 1.54) is 11.6 Å². The molecule has 4 heteroatoms. The maximum Gasteiger partial charge on any atom is 0.123 e. The topological polar surface area (TPSA) is 28.2 Å². The van der Waals surface area contributed by atoms with Crippen molar-refractivity contribution in [2.24, 2.45) is 0 Å². The normalized spacial score (nSPS) is 17.9. The van der Waals surface area contributed by atoms with Crippen molar-refractivity contribution >= 4 is 0 Å². The van der Waals surface area contributed by atoms with Crippen LogP contribution in [0, 0.1) is 12.7 Å². The number of nitrogens with one attached hydrogen (secondary N) is 1. The van der Waals surface area contributed by atoms with Crippen molar-refractivity contribution in [1.82, 2.24) is 15.2 Å². The summed E-state index contributed by atoms with van der Waals surface area (Å²) in [6.45, 7) is 6.06. The van der Waals surface area contributed by atoms with Gasteiger partial charge in [0, 0.05) is 32.0 Å². The van der Waals surface area contributed by atoms with Crippen LogP contribution in [0.2, 0.25) is 0 Å². The lowest BCUT2D eigenvalue weighted by Gasteiger charge is -2.32. The third-order valence-electron chi connectivity index (χ3n) is 4.26. The van der Waals surface area contributed by atoms with Gasteiger partial charge in [-0.1, -0.05) is 12.1 Å². The van der Waals surface area contributed by atoms with Gasteiger partial charge in [-0.05, 0) is 54.8 Å². The first-order chi connectivity index (χ1) is 10.8. The van der Waals surface area contributed by atoms with Crippen LogP contribution in [0.15, 0.2) is 42.7 Å². The maximum absolute atomic E-state index is 13.7. The molecular weight excluding hydrogens is 277 g/mol. The largest absolute Gasteiger partial charge is 0.315 e. The monoisotopic (exact) mass is 299 g/mol. The molecule has 1 aliphatic heterocycles. The number of hydrogen-bond acceptors (Lipinski definition) is 3. The van der Waals surface area contributed by atoms with Gasteiger partial charge in [0.2, 0.25) is 0 Å². The zero-order valence-corrected chi connectivity index (χ0v) is 12.9. The van der Waals surface area contributed by atoms with Gasteiger partial charge in [-0.25, -0.2) is 4.39 Å². The predicted octanol–water partition coefficient (Wildman–Crippen LogP) is 2.91. The zero-order valence-electron chi connectivity index (χ0n) is 12.9. The molecule has 1 unspecified atom stereocenters. The highest BCUT2D eigenvalue weighted by molar-refractivity contribution is 5.35. The van der Waals surface area contributed by atoms with Crippen LogP contribution in [0.4, 0.5) is 4.39 Å². The third kappa shape index (κ3) is 3.34. The van der Waals surface area contributed by atoms with Crippen molar-refractivity contribution in [2.45, 2.75) is 19.4 Å². The van der Waals surface area contributed by atoms with Crippen LogP contribution in [-0.4, -0.2) is 36.1 Å². The van der Waals surface area contributed by atoms with E-state index in [1.807, 2.05) is 18.5 Å². The van der Waals surface area contributed by atoms with Crippen LogP contribution >= 0.6 is 0 Å². The van der Waals surface area contributed by atoms with E-state index in [-0.39, 0.29) is 11.9 Å². The molecule has 1 N–H and O–H groups in total. The molecule has 3 rings (SSSR count). The summed E-state index contributed by atoms with van der Waals surface area (Å²) in [4.78, 5) is 6.64. The summed E-state index contributed by atoms with van der Waals surface area (Å²) in [6, 6.07) is 9.12. The first-order valence-corrected chi connectivity index (χ1v) is 7.86. The van der Waals surface area contributed by atoms with Crippen molar-refractivity contribution in [3.05, 3.63) is 65.2 Å². The van der Waals surface area contributed by atoms with E-state index in [4.69, 9.17) is 0 Å². The average molecular weight is 299 g/mol. The van der Waals surface area contributed by atoms with Crippen LogP contribution in [0.3, 0.4) is 0 Å². The van der Waals surface area contributed by atoms with Crippen LogP contribution in [0.5, 0.6) is 0 Å².